The largest absolute Gasteiger partial charge is 2.00 e. The molecule has 21 heavy (non-hydrogen) atoms. The van der Waals surface area contributed by atoms with Gasteiger partial charge >= 0.3 is 17.1 Å². The molecule has 3 aromatic carbocycles. The number of imidazole rings is 1. The van der Waals surface area contributed by atoms with Crippen LogP contribution in [0.25, 0.3) is 33.2 Å². The first-order valence-corrected chi connectivity index (χ1v) is 6.41. The number of hydrogen-bond donors (Lipinski definition) is 0. The van der Waals surface area contributed by atoms with Crippen LogP contribution in [-0.2, 0) is 17.1 Å². The van der Waals surface area contributed by atoms with Crippen molar-refractivity contribution in [3.8, 4) is 17.1 Å². The fraction of sp³-hybridized carbons (Fsp3) is 0. The van der Waals surface area contributed by atoms with Gasteiger partial charge in [-0.05, 0) is 27.4 Å². The molecule has 0 unspecified atom stereocenters. The third-order valence-electron chi connectivity index (χ3n) is 3.42. The van der Waals surface area contributed by atoms with Crippen molar-refractivity contribution in [3.05, 3.63) is 60.7 Å². The van der Waals surface area contributed by atoms with Gasteiger partial charge in [-0.2, -0.15) is 0 Å². The molecule has 0 aliphatic rings. The van der Waals surface area contributed by atoms with Crippen LogP contribution in [0.15, 0.2) is 60.7 Å². The van der Waals surface area contributed by atoms with Crippen LogP contribution in [0.3, 0.4) is 0 Å². The van der Waals surface area contributed by atoms with Gasteiger partial charge < -0.3 is 15.1 Å². The fourth-order valence-corrected chi connectivity index (χ4v) is 2.42. The Bertz CT molecular complexity index is 878. The van der Waals surface area contributed by atoms with Gasteiger partial charge in [0.25, 0.3) is 0 Å². The summed E-state index contributed by atoms with van der Waals surface area (Å²) in [5.74, 6) is 0.452. The third-order valence-corrected chi connectivity index (χ3v) is 3.42. The van der Waals surface area contributed by atoms with E-state index in [0.717, 1.165) is 21.8 Å². The van der Waals surface area contributed by atoms with E-state index >= 15 is 0 Å². The van der Waals surface area contributed by atoms with Crippen LogP contribution in [0.2, 0.25) is 0 Å². The molecule has 0 aliphatic carbocycles. The normalized spacial score (nSPS) is 10.7. The SMILES string of the molecule is [Cu+2].[O-]c1ccccc1-c1nc2cc3ccccc3cc2[n-]1. The Morgan fingerprint density at radius 3 is 2.29 bits per heavy atom. The molecule has 0 spiro atoms. The molecule has 0 fully saturated rings. The van der Waals surface area contributed by atoms with Gasteiger partial charge in [-0.15, -0.1) is 5.75 Å². The molecule has 0 N–H and O–H groups in total. The molecule has 105 valence electrons. The smallest absolute Gasteiger partial charge is 0.872 e. The minimum Gasteiger partial charge on any atom is -0.872 e. The summed E-state index contributed by atoms with van der Waals surface area (Å²) in [6.07, 6.45) is 0. The van der Waals surface area contributed by atoms with Crippen molar-refractivity contribution >= 4 is 21.8 Å². The summed E-state index contributed by atoms with van der Waals surface area (Å²) in [6, 6.07) is 19.0. The summed E-state index contributed by atoms with van der Waals surface area (Å²) < 4.78 is 0. The molecular formula is C17H10CuN2O. The minimum absolute atomic E-state index is 0. The number of rotatable bonds is 1. The predicted octanol–water partition coefficient (Wildman–Crippen LogP) is 3.08. The molecule has 0 saturated carbocycles. The molecular weight excluding hydrogens is 312 g/mol. The predicted molar refractivity (Wildman–Crippen MR) is 77.5 cm³/mol. The second-order valence-corrected chi connectivity index (χ2v) is 4.73. The van der Waals surface area contributed by atoms with Crippen molar-refractivity contribution in [2.24, 2.45) is 0 Å². The van der Waals surface area contributed by atoms with Crippen LogP contribution in [0.1, 0.15) is 0 Å². The van der Waals surface area contributed by atoms with E-state index in [4.69, 9.17) is 0 Å². The average molecular weight is 322 g/mol. The Balaban J connectivity index is 0.00000132. The topological polar surface area (TPSA) is 50.1 Å². The fourth-order valence-electron chi connectivity index (χ4n) is 2.42. The van der Waals surface area contributed by atoms with Crippen LogP contribution in [0, 0.1) is 0 Å². The maximum atomic E-state index is 11.9. The maximum Gasteiger partial charge on any atom is 2.00 e. The van der Waals surface area contributed by atoms with Crippen molar-refractivity contribution in [2.45, 2.75) is 0 Å². The second kappa shape index (κ2) is 5.24. The van der Waals surface area contributed by atoms with E-state index < -0.39 is 0 Å². The van der Waals surface area contributed by atoms with Crippen molar-refractivity contribution in [1.29, 1.82) is 0 Å². The first kappa shape index (κ1) is 13.7. The summed E-state index contributed by atoms with van der Waals surface area (Å²) in [5, 5.41) is 14.1. The van der Waals surface area contributed by atoms with E-state index in [1.54, 1.807) is 12.1 Å². The van der Waals surface area contributed by atoms with Gasteiger partial charge in [0.05, 0.1) is 0 Å². The van der Waals surface area contributed by atoms with Gasteiger partial charge in [0.2, 0.25) is 0 Å². The molecule has 1 heterocycles. The van der Waals surface area contributed by atoms with Gasteiger partial charge in [-0.25, -0.2) is 0 Å². The quantitative estimate of drug-likeness (QED) is 0.506. The monoisotopic (exact) mass is 321 g/mol. The van der Waals surface area contributed by atoms with Crippen molar-refractivity contribution in [2.75, 3.05) is 0 Å². The average Bonchev–Trinajstić information content (AvgIpc) is 2.87. The van der Waals surface area contributed by atoms with Gasteiger partial charge in [0, 0.05) is 0 Å². The maximum absolute atomic E-state index is 11.9. The Labute approximate surface area is 132 Å². The van der Waals surface area contributed by atoms with Crippen LogP contribution in [0.5, 0.6) is 5.75 Å². The Morgan fingerprint density at radius 2 is 1.52 bits per heavy atom. The zero-order chi connectivity index (χ0) is 13.5. The van der Waals surface area contributed by atoms with E-state index in [2.05, 4.69) is 9.97 Å². The van der Waals surface area contributed by atoms with Crippen LogP contribution in [-0.4, -0.2) is 4.98 Å². The Hall–Kier alpha value is -2.29. The van der Waals surface area contributed by atoms with Crippen LogP contribution >= 0.6 is 0 Å². The van der Waals surface area contributed by atoms with E-state index in [9.17, 15) is 5.11 Å². The molecule has 4 rings (SSSR count). The van der Waals surface area contributed by atoms with Crippen LogP contribution < -0.4 is 10.1 Å². The number of aromatic nitrogens is 2. The molecule has 4 aromatic rings. The van der Waals surface area contributed by atoms with Gasteiger partial charge in [0.15, 0.2) is 0 Å². The molecule has 0 bridgehead atoms. The number of hydrogen-bond acceptors (Lipinski definition) is 2. The number of fused-ring (bicyclic) bond motifs is 2. The summed E-state index contributed by atoms with van der Waals surface area (Å²) in [7, 11) is 0. The summed E-state index contributed by atoms with van der Waals surface area (Å²) in [6.45, 7) is 0. The minimum atomic E-state index is -0.0487. The standard InChI is InChI=1S/C17H11N2O.Cu/c20-16-8-4-3-7-13(16)17-18-14-9-11-5-1-2-6-12(11)10-15(14)19-17;/h1-10H,(H-,18,19,20);/q-1;+2/p-1. The molecule has 3 nitrogen and oxygen atoms in total. The van der Waals surface area contributed by atoms with Gasteiger partial charge in [-0.3, -0.25) is 0 Å². The van der Waals surface area contributed by atoms with E-state index in [-0.39, 0.29) is 22.8 Å². The number of nitrogens with zero attached hydrogens (tertiary/aromatic N) is 2. The van der Waals surface area contributed by atoms with Crippen molar-refractivity contribution in [3.63, 3.8) is 0 Å². The second-order valence-electron chi connectivity index (χ2n) is 4.73. The number of para-hydroxylation sites is 1. The summed E-state index contributed by atoms with van der Waals surface area (Å²) in [4.78, 5) is 8.97. The van der Waals surface area contributed by atoms with Crippen molar-refractivity contribution < 1.29 is 22.2 Å². The first-order chi connectivity index (χ1) is 9.81. The molecule has 4 heteroatoms. The van der Waals surface area contributed by atoms with Crippen LogP contribution in [0.4, 0.5) is 0 Å². The third kappa shape index (κ3) is 2.29. The Morgan fingerprint density at radius 1 is 0.857 bits per heavy atom. The zero-order valence-corrected chi connectivity index (χ0v) is 11.8. The Kier molecular flexibility index (Phi) is 3.42. The molecule has 0 amide bonds. The number of benzene rings is 3. The summed E-state index contributed by atoms with van der Waals surface area (Å²) >= 11 is 0. The van der Waals surface area contributed by atoms with Crippen molar-refractivity contribution in [1.82, 2.24) is 9.97 Å². The van der Waals surface area contributed by atoms with Gasteiger partial charge in [0.1, 0.15) is 0 Å². The molecule has 1 radical (unpaired) electrons. The van der Waals surface area contributed by atoms with E-state index in [1.165, 1.54) is 6.07 Å². The van der Waals surface area contributed by atoms with E-state index in [1.807, 2.05) is 42.5 Å². The van der Waals surface area contributed by atoms with Gasteiger partial charge in [-0.1, -0.05) is 66.5 Å². The first-order valence-electron chi connectivity index (χ1n) is 6.41. The molecule has 1 aromatic heterocycles. The zero-order valence-electron chi connectivity index (χ0n) is 10.9. The summed E-state index contributed by atoms with van der Waals surface area (Å²) in [5.41, 5.74) is 2.19. The molecule has 0 atom stereocenters. The van der Waals surface area contributed by atoms with E-state index in [0.29, 0.717) is 11.4 Å². The molecule has 0 aliphatic heterocycles. The molecule has 0 saturated heterocycles.